The molecule has 0 saturated carbocycles. The summed E-state index contributed by atoms with van der Waals surface area (Å²) in [4.78, 5) is 33.9. The molecule has 9 heteroatoms. The first kappa shape index (κ1) is 22.6. The number of carbonyl (C=O) groups excluding carboxylic acids is 1. The number of aromatic nitrogens is 1. The zero-order chi connectivity index (χ0) is 23.5. The van der Waals surface area contributed by atoms with E-state index in [4.69, 9.17) is 0 Å². The summed E-state index contributed by atoms with van der Waals surface area (Å²) in [6, 6.07) is 11.2. The first-order valence-corrected chi connectivity index (χ1v) is 10.8. The number of non-ortho nitro benzene ring substituents is 1. The smallest absolute Gasteiger partial charge is 0.278 e. The van der Waals surface area contributed by atoms with Gasteiger partial charge in [0, 0.05) is 62.8 Å². The molecular weight excluding hydrogens is 425 g/mol. The fourth-order valence-electron chi connectivity index (χ4n) is 4.22. The van der Waals surface area contributed by atoms with Crippen LogP contribution in [-0.2, 0) is 4.79 Å². The second kappa shape index (κ2) is 9.50. The minimum absolute atomic E-state index is 0.00661. The van der Waals surface area contributed by atoms with Crippen LogP contribution in [0.1, 0.15) is 18.5 Å². The molecule has 1 aliphatic heterocycles. The van der Waals surface area contributed by atoms with E-state index in [1.54, 1.807) is 42.4 Å². The van der Waals surface area contributed by atoms with E-state index >= 15 is 0 Å². The summed E-state index contributed by atoms with van der Waals surface area (Å²) in [7, 11) is 1.77. The summed E-state index contributed by atoms with van der Waals surface area (Å²) in [5, 5.41) is 12.7. The highest BCUT2D eigenvalue weighted by molar-refractivity contribution is 5.99. The van der Waals surface area contributed by atoms with Gasteiger partial charge in [-0.3, -0.25) is 24.8 Å². The molecule has 2 heterocycles. The number of carbonyl (C=O) groups is 1. The van der Waals surface area contributed by atoms with Crippen molar-refractivity contribution in [3.63, 3.8) is 0 Å². The summed E-state index contributed by atoms with van der Waals surface area (Å²) < 4.78 is 13.2. The zero-order valence-corrected chi connectivity index (χ0v) is 18.6. The van der Waals surface area contributed by atoms with Gasteiger partial charge in [0.25, 0.3) is 5.69 Å². The van der Waals surface area contributed by atoms with Gasteiger partial charge in [-0.05, 0) is 36.8 Å². The highest BCUT2D eigenvalue weighted by Crippen LogP contribution is 2.33. The summed E-state index contributed by atoms with van der Waals surface area (Å²) in [6.45, 7) is 5.06. The number of fused-ring (bicyclic) bond motifs is 1. The Bertz CT molecular complexity index is 1160. The van der Waals surface area contributed by atoms with Gasteiger partial charge in [-0.15, -0.1) is 0 Å². The number of hydrogen-bond donors (Lipinski definition) is 0. The first-order chi connectivity index (χ1) is 15.8. The van der Waals surface area contributed by atoms with Gasteiger partial charge in [-0.25, -0.2) is 4.39 Å². The first-order valence-electron chi connectivity index (χ1n) is 10.8. The Morgan fingerprint density at radius 2 is 1.82 bits per heavy atom. The van der Waals surface area contributed by atoms with Gasteiger partial charge < -0.3 is 9.80 Å². The number of nitro groups is 1. The van der Waals surface area contributed by atoms with Crippen molar-refractivity contribution in [3.05, 3.63) is 76.4 Å². The number of likely N-dealkylation sites (N-methyl/N-ethyl adjacent to an activating group) is 1. The van der Waals surface area contributed by atoms with Crippen LogP contribution in [0.2, 0.25) is 0 Å². The van der Waals surface area contributed by atoms with Gasteiger partial charge in [0.05, 0.1) is 22.9 Å². The van der Waals surface area contributed by atoms with E-state index in [1.807, 2.05) is 6.92 Å². The van der Waals surface area contributed by atoms with Gasteiger partial charge in [-0.1, -0.05) is 12.1 Å². The number of rotatable bonds is 6. The lowest BCUT2D eigenvalue weighted by Crippen LogP contribution is -2.50. The number of halogens is 1. The number of hydrogen-bond acceptors (Lipinski definition) is 6. The molecule has 4 rings (SSSR count). The Kier molecular flexibility index (Phi) is 6.50. The molecule has 2 aromatic carbocycles. The summed E-state index contributed by atoms with van der Waals surface area (Å²) in [5.41, 5.74) is 1.87. The quantitative estimate of drug-likeness (QED) is 0.421. The number of pyridine rings is 1. The van der Waals surface area contributed by atoms with E-state index in [0.29, 0.717) is 38.1 Å². The minimum Gasteiger partial charge on any atom is -0.368 e. The lowest BCUT2D eigenvalue weighted by Gasteiger charge is -2.37. The second-order valence-electron chi connectivity index (χ2n) is 8.28. The third-order valence-corrected chi connectivity index (χ3v) is 6.37. The standard InChI is InChI=1S/C24H26FN5O3/c1-17(18-3-5-19(25)6-4-18)27(2)24(31)16-28-11-13-29(14-12-28)22-7-8-23(30(32)33)21-15-26-10-9-20(21)22/h3-10,15,17H,11-14,16H2,1-2H3/t17-/m0/s1. The molecule has 1 fully saturated rings. The molecule has 0 unspecified atom stereocenters. The van der Waals surface area contributed by atoms with Crippen LogP contribution in [0, 0.1) is 15.9 Å². The number of nitrogens with zero attached hydrogens (tertiary/aromatic N) is 5. The topological polar surface area (TPSA) is 82.8 Å². The molecule has 0 radical (unpaired) electrons. The van der Waals surface area contributed by atoms with Gasteiger partial charge in [0.1, 0.15) is 5.82 Å². The molecule has 0 N–H and O–H groups in total. The molecule has 1 saturated heterocycles. The average molecular weight is 452 g/mol. The minimum atomic E-state index is -0.388. The third-order valence-electron chi connectivity index (χ3n) is 6.37. The molecule has 0 aliphatic carbocycles. The Labute approximate surface area is 191 Å². The van der Waals surface area contributed by atoms with Crippen LogP contribution in [0.4, 0.5) is 15.8 Å². The van der Waals surface area contributed by atoms with Crippen LogP contribution < -0.4 is 4.90 Å². The molecule has 172 valence electrons. The highest BCUT2D eigenvalue weighted by Gasteiger charge is 2.25. The predicted octanol–water partition coefficient (Wildman–Crippen LogP) is 3.62. The fourth-order valence-corrected chi connectivity index (χ4v) is 4.22. The molecule has 1 aliphatic rings. The number of nitro benzene ring substituents is 1. The summed E-state index contributed by atoms with van der Waals surface area (Å²) in [6.07, 6.45) is 3.17. The third kappa shape index (κ3) is 4.78. The molecule has 0 spiro atoms. The Morgan fingerprint density at radius 1 is 1.12 bits per heavy atom. The van der Waals surface area contributed by atoms with Crippen molar-refractivity contribution in [3.8, 4) is 0 Å². The van der Waals surface area contributed by atoms with Gasteiger partial charge in [0.2, 0.25) is 5.91 Å². The summed E-state index contributed by atoms with van der Waals surface area (Å²) >= 11 is 0. The van der Waals surface area contributed by atoms with Crippen molar-refractivity contribution in [2.45, 2.75) is 13.0 Å². The van der Waals surface area contributed by atoms with Crippen molar-refractivity contribution >= 4 is 28.1 Å². The normalized spacial score (nSPS) is 15.4. The van der Waals surface area contributed by atoms with Crippen LogP contribution in [0.5, 0.6) is 0 Å². The van der Waals surface area contributed by atoms with Crippen molar-refractivity contribution in [2.24, 2.45) is 0 Å². The van der Waals surface area contributed by atoms with Crippen molar-refractivity contribution in [1.82, 2.24) is 14.8 Å². The van der Waals surface area contributed by atoms with Crippen LogP contribution in [0.3, 0.4) is 0 Å². The molecule has 1 aromatic heterocycles. The lowest BCUT2D eigenvalue weighted by atomic mass is 10.1. The largest absolute Gasteiger partial charge is 0.368 e. The second-order valence-corrected chi connectivity index (χ2v) is 8.28. The van der Waals surface area contributed by atoms with Gasteiger partial charge >= 0.3 is 0 Å². The van der Waals surface area contributed by atoms with Crippen LogP contribution in [0.25, 0.3) is 10.8 Å². The maximum absolute atomic E-state index is 13.2. The molecule has 0 bridgehead atoms. The van der Waals surface area contributed by atoms with E-state index < -0.39 is 0 Å². The zero-order valence-electron chi connectivity index (χ0n) is 18.6. The lowest BCUT2D eigenvalue weighted by molar-refractivity contribution is -0.383. The molecule has 3 aromatic rings. The molecule has 1 atom stereocenters. The molecule has 8 nitrogen and oxygen atoms in total. The Hall–Kier alpha value is -3.59. The SMILES string of the molecule is C[C@@H](c1ccc(F)cc1)N(C)C(=O)CN1CCN(c2ccc([N+](=O)[O-])c3cnccc23)CC1. The maximum atomic E-state index is 13.2. The van der Waals surface area contributed by atoms with Crippen molar-refractivity contribution < 1.29 is 14.1 Å². The number of benzene rings is 2. The van der Waals surface area contributed by atoms with Gasteiger partial charge in [-0.2, -0.15) is 0 Å². The van der Waals surface area contributed by atoms with Crippen LogP contribution in [0.15, 0.2) is 54.9 Å². The van der Waals surface area contributed by atoms with Crippen molar-refractivity contribution in [2.75, 3.05) is 44.7 Å². The molecular formula is C24H26FN5O3. The Balaban J connectivity index is 1.39. The van der Waals surface area contributed by atoms with Crippen molar-refractivity contribution in [1.29, 1.82) is 0 Å². The number of amides is 1. The Morgan fingerprint density at radius 3 is 2.48 bits per heavy atom. The monoisotopic (exact) mass is 451 g/mol. The summed E-state index contributed by atoms with van der Waals surface area (Å²) in [5.74, 6) is -0.290. The average Bonchev–Trinajstić information content (AvgIpc) is 2.83. The molecule has 1 amide bonds. The predicted molar refractivity (Wildman–Crippen MR) is 125 cm³/mol. The fraction of sp³-hybridized carbons (Fsp3) is 0.333. The number of anilines is 1. The van der Waals surface area contributed by atoms with Crippen LogP contribution >= 0.6 is 0 Å². The number of piperazine rings is 1. The van der Waals surface area contributed by atoms with E-state index in [-0.39, 0.29) is 28.4 Å². The highest BCUT2D eigenvalue weighted by atomic mass is 19.1. The van der Waals surface area contributed by atoms with E-state index in [1.165, 1.54) is 24.4 Å². The van der Waals surface area contributed by atoms with E-state index in [2.05, 4.69) is 14.8 Å². The van der Waals surface area contributed by atoms with Gasteiger partial charge in [0.15, 0.2) is 0 Å². The van der Waals surface area contributed by atoms with E-state index in [9.17, 15) is 19.3 Å². The van der Waals surface area contributed by atoms with Crippen LogP contribution in [-0.4, -0.2) is 65.4 Å². The maximum Gasteiger partial charge on any atom is 0.278 e. The molecule has 33 heavy (non-hydrogen) atoms. The van der Waals surface area contributed by atoms with E-state index in [0.717, 1.165) is 16.6 Å².